The number of hydrogen-bond donors (Lipinski definition) is 0. The molecule has 0 spiro atoms. The van der Waals surface area contributed by atoms with E-state index >= 15 is 0 Å². The summed E-state index contributed by atoms with van der Waals surface area (Å²) < 4.78 is 0. The van der Waals surface area contributed by atoms with E-state index in [-0.39, 0.29) is 0 Å². The van der Waals surface area contributed by atoms with Crippen LogP contribution in [0.3, 0.4) is 0 Å². The molecule has 0 nitrogen and oxygen atoms in total. The summed E-state index contributed by atoms with van der Waals surface area (Å²) in [6, 6.07) is 52.4. The summed E-state index contributed by atoms with van der Waals surface area (Å²) >= 11 is 0. The molecule has 54 heavy (non-hydrogen) atoms. The molecule has 8 rings (SSSR count). The SMILES string of the molecule is C=Cc1ccccc1/C=C1\CC(C(=Cc2ccccc2)/C=C\c2ccccc2C)=C2CCC=CC2=C1c1ccc2ccccc2c1-c1ccccc1.CC. The molecule has 0 unspecified atom stereocenters. The van der Waals surface area contributed by atoms with E-state index in [1.165, 1.54) is 83.2 Å². The molecular weight excluding hydrogens is 649 g/mol. The molecule has 0 radical (unpaired) electrons. The fraction of sp³-hybridized carbons (Fsp3) is 0.111. The Morgan fingerprint density at radius 2 is 1.33 bits per heavy atom. The average Bonchev–Trinajstić information content (AvgIpc) is 3.24. The van der Waals surface area contributed by atoms with E-state index < -0.39 is 0 Å². The first-order valence-corrected chi connectivity index (χ1v) is 19.3. The molecule has 0 saturated carbocycles. The fourth-order valence-corrected chi connectivity index (χ4v) is 7.82. The molecule has 0 heteroatoms. The largest absolute Gasteiger partial charge is 0.0984 e. The highest BCUT2D eigenvalue weighted by Gasteiger charge is 2.29. The van der Waals surface area contributed by atoms with E-state index in [0.717, 1.165) is 24.8 Å². The lowest BCUT2D eigenvalue weighted by molar-refractivity contribution is 0.928. The van der Waals surface area contributed by atoms with Crippen molar-refractivity contribution in [3.8, 4) is 11.1 Å². The van der Waals surface area contributed by atoms with Crippen LogP contribution < -0.4 is 0 Å². The van der Waals surface area contributed by atoms with Gasteiger partial charge in [-0.2, -0.15) is 0 Å². The maximum Gasteiger partial charge on any atom is -0.00103 e. The number of fused-ring (bicyclic) bond motifs is 2. The molecule has 0 atom stereocenters. The van der Waals surface area contributed by atoms with Crippen molar-refractivity contribution in [2.24, 2.45) is 0 Å². The fourth-order valence-electron chi connectivity index (χ4n) is 7.82. The highest BCUT2D eigenvalue weighted by atomic mass is 14.3. The summed E-state index contributed by atoms with van der Waals surface area (Å²) in [5.41, 5.74) is 17.8. The van der Waals surface area contributed by atoms with E-state index in [9.17, 15) is 0 Å². The van der Waals surface area contributed by atoms with Crippen LogP contribution in [0.4, 0.5) is 0 Å². The Kier molecular flexibility index (Phi) is 11.4. The van der Waals surface area contributed by atoms with Crippen molar-refractivity contribution in [1.29, 1.82) is 0 Å². The zero-order valence-corrected chi connectivity index (χ0v) is 31.7. The smallest absolute Gasteiger partial charge is 0.00103 e. The molecule has 264 valence electrons. The lowest BCUT2D eigenvalue weighted by Crippen LogP contribution is -2.12. The first-order valence-electron chi connectivity index (χ1n) is 19.3. The summed E-state index contributed by atoms with van der Waals surface area (Å²) in [7, 11) is 0. The predicted octanol–water partition coefficient (Wildman–Crippen LogP) is 15.2. The molecule has 0 fully saturated rings. The van der Waals surface area contributed by atoms with Crippen molar-refractivity contribution in [2.75, 3.05) is 0 Å². The van der Waals surface area contributed by atoms with Crippen molar-refractivity contribution < 1.29 is 0 Å². The second-order valence-corrected chi connectivity index (χ2v) is 13.6. The maximum atomic E-state index is 4.19. The molecular formula is C54H48. The van der Waals surface area contributed by atoms with Gasteiger partial charge in [-0.15, -0.1) is 0 Å². The summed E-state index contributed by atoms with van der Waals surface area (Å²) in [4.78, 5) is 0. The van der Waals surface area contributed by atoms with Gasteiger partial charge in [0.1, 0.15) is 0 Å². The Bertz CT molecular complexity index is 2470. The zero-order valence-electron chi connectivity index (χ0n) is 31.7. The summed E-state index contributed by atoms with van der Waals surface area (Å²) in [6.07, 6.45) is 19.0. The summed E-state index contributed by atoms with van der Waals surface area (Å²) in [5.74, 6) is 0. The van der Waals surface area contributed by atoms with Crippen molar-refractivity contribution in [3.63, 3.8) is 0 Å². The van der Waals surface area contributed by atoms with Gasteiger partial charge in [0, 0.05) is 0 Å². The van der Waals surface area contributed by atoms with E-state index in [4.69, 9.17) is 0 Å². The van der Waals surface area contributed by atoms with Crippen LogP contribution in [0.25, 0.3) is 51.8 Å². The Labute approximate surface area is 322 Å². The van der Waals surface area contributed by atoms with Gasteiger partial charge in [-0.3, -0.25) is 0 Å². The molecule has 0 saturated heterocycles. The van der Waals surface area contributed by atoms with E-state index in [2.05, 4.69) is 196 Å². The average molecular weight is 697 g/mol. The number of benzene rings is 6. The van der Waals surface area contributed by atoms with Gasteiger partial charge >= 0.3 is 0 Å². The first-order chi connectivity index (χ1) is 26.7. The Balaban J connectivity index is 0.00000221. The van der Waals surface area contributed by atoms with Gasteiger partial charge in [-0.1, -0.05) is 202 Å². The van der Waals surface area contributed by atoms with Crippen LogP contribution in [0, 0.1) is 6.92 Å². The minimum absolute atomic E-state index is 0.811. The lowest BCUT2D eigenvalue weighted by Gasteiger charge is -2.32. The van der Waals surface area contributed by atoms with Crippen LogP contribution in [0.1, 0.15) is 66.5 Å². The van der Waals surface area contributed by atoms with Gasteiger partial charge < -0.3 is 0 Å². The second-order valence-electron chi connectivity index (χ2n) is 13.6. The van der Waals surface area contributed by atoms with Crippen molar-refractivity contribution >= 4 is 40.6 Å². The second kappa shape index (κ2) is 17.1. The number of hydrogen-bond acceptors (Lipinski definition) is 0. The molecule has 0 N–H and O–H groups in total. The van der Waals surface area contributed by atoms with Crippen LogP contribution in [-0.4, -0.2) is 0 Å². The number of allylic oxidation sites excluding steroid dienone is 9. The van der Waals surface area contributed by atoms with Crippen molar-refractivity contribution in [3.05, 3.63) is 232 Å². The van der Waals surface area contributed by atoms with Gasteiger partial charge in [-0.25, -0.2) is 0 Å². The first kappa shape index (κ1) is 36.1. The zero-order chi connectivity index (χ0) is 37.3. The topological polar surface area (TPSA) is 0 Å². The minimum Gasteiger partial charge on any atom is -0.0984 e. The van der Waals surface area contributed by atoms with Gasteiger partial charge in [-0.05, 0) is 121 Å². The monoisotopic (exact) mass is 696 g/mol. The van der Waals surface area contributed by atoms with Crippen LogP contribution in [0.5, 0.6) is 0 Å². The van der Waals surface area contributed by atoms with Gasteiger partial charge in [0.05, 0.1) is 0 Å². The third kappa shape index (κ3) is 7.61. The van der Waals surface area contributed by atoms with Crippen molar-refractivity contribution in [2.45, 2.75) is 40.0 Å². The molecule has 0 aromatic heterocycles. The lowest BCUT2D eigenvalue weighted by atomic mass is 9.72. The molecule has 0 aliphatic heterocycles. The van der Waals surface area contributed by atoms with Crippen LogP contribution in [0.2, 0.25) is 0 Å². The standard InChI is InChI=1S/C52H42.C2H6/c1-3-39-21-12-13-26-43(39)35-45-36-50(44(34-38-19-6-4-7-20-38)31-30-40-22-11-10-18-37(40)2)47-28-16-17-29-48(47)52(45)49-33-32-41-23-14-15-27-46(41)51(49)42-24-8-5-9-25-42;1-2/h3-15,17-27,29-35H,1,16,28,36H2,2H3;1-2H3/b31-30-,44-34?,45-35+;. The number of rotatable bonds is 8. The predicted molar refractivity (Wildman–Crippen MR) is 237 cm³/mol. The molecule has 0 bridgehead atoms. The molecule has 6 aromatic rings. The minimum atomic E-state index is 0.811. The Hall–Kier alpha value is -6.24. The summed E-state index contributed by atoms with van der Waals surface area (Å²) in [5, 5.41) is 2.52. The third-order valence-corrected chi connectivity index (χ3v) is 10.4. The normalized spacial score (nSPS) is 15.0. The van der Waals surface area contributed by atoms with E-state index in [1.54, 1.807) is 0 Å². The molecule has 2 aliphatic carbocycles. The molecule has 0 heterocycles. The molecule has 6 aromatic carbocycles. The van der Waals surface area contributed by atoms with E-state index in [0.29, 0.717) is 0 Å². The maximum absolute atomic E-state index is 4.19. The Morgan fingerprint density at radius 3 is 2.09 bits per heavy atom. The van der Waals surface area contributed by atoms with Crippen LogP contribution >= 0.6 is 0 Å². The van der Waals surface area contributed by atoms with Gasteiger partial charge in [0.15, 0.2) is 0 Å². The Morgan fingerprint density at radius 1 is 0.667 bits per heavy atom. The van der Waals surface area contributed by atoms with Crippen LogP contribution in [0.15, 0.2) is 198 Å². The quantitative estimate of drug-likeness (QED) is 0.139. The molecule has 2 aliphatic rings. The number of aryl methyl sites for hydroxylation is 1. The summed E-state index contributed by atoms with van der Waals surface area (Å²) in [6.45, 7) is 10.4. The van der Waals surface area contributed by atoms with E-state index in [1.807, 2.05) is 19.9 Å². The van der Waals surface area contributed by atoms with Gasteiger partial charge in [0.2, 0.25) is 0 Å². The highest BCUT2D eigenvalue weighted by Crippen LogP contribution is 2.50. The van der Waals surface area contributed by atoms with Gasteiger partial charge in [0.25, 0.3) is 0 Å². The van der Waals surface area contributed by atoms with Crippen molar-refractivity contribution in [1.82, 2.24) is 0 Å². The molecule has 0 amide bonds. The van der Waals surface area contributed by atoms with Crippen LogP contribution in [-0.2, 0) is 0 Å². The highest BCUT2D eigenvalue weighted by molar-refractivity contribution is 6.07. The third-order valence-electron chi connectivity index (χ3n) is 10.4.